The van der Waals surface area contributed by atoms with Crippen LogP contribution >= 0.6 is 11.6 Å². The molecular formula is C14H21ClO2. The molecular weight excluding hydrogens is 236 g/mol. The highest BCUT2D eigenvalue weighted by Crippen LogP contribution is 2.33. The molecule has 2 nitrogen and oxygen atoms in total. The Morgan fingerprint density at radius 2 is 1.65 bits per heavy atom. The van der Waals surface area contributed by atoms with E-state index in [0.29, 0.717) is 11.4 Å². The summed E-state index contributed by atoms with van der Waals surface area (Å²) in [5.41, 5.74) is -0.272. The summed E-state index contributed by atoms with van der Waals surface area (Å²) in [6.45, 7) is 5.59. The zero-order valence-corrected chi connectivity index (χ0v) is 11.5. The number of benzene rings is 1. The molecule has 0 radical (unpaired) electrons. The van der Waals surface area contributed by atoms with Crippen LogP contribution < -0.4 is 0 Å². The van der Waals surface area contributed by atoms with Gasteiger partial charge in [0, 0.05) is 5.02 Å². The molecule has 1 aromatic rings. The fourth-order valence-electron chi connectivity index (χ4n) is 1.69. The third-order valence-electron chi connectivity index (χ3n) is 3.40. The summed E-state index contributed by atoms with van der Waals surface area (Å²) < 4.78 is 0. The van der Waals surface area contributed by atoms with E-state index in [1.165, 1.54) is 0 Å². The third kappa shape index (κ3) is 3.70. The van der Waals surface area contributed by atoms with Crippen molar-refractivity contribution in [1.29, 1.82) is 0 Å². The van der Waals surface area contributed by atoms with E-state index >= 15 is 0 Å². The lowest BCUT2D eigenvalue weighted by Crippen LogP contribution is -2.46. The molecule has 0 fully saturated rings. The van der Waals surface area contributed by atoms with Crippen LogP contribution in [0.2, 0.25) is 5.02 Å². The molecule has 0 unspecified atom stereocenters. The smallest absolute Gasteiger partial charge is 0.0928 e. The summed E-state index contributed by atoms with van der Waals surface area (Å²) in [5, 5.41) is 20.5. The highest BCUT2D eigenvalue weighted by Gasteiger charge is 2.38. The lowest BCUT2D eigenvalue weighted by Gasteiger charge is -2.39. The fraction of sp³-hybridized carbons (Fsp3) is 0.571. The maximum absolute atomic E-state index is 10.4. The van der Waals surface area contributed by atoms with Crippen LogP contribution in [-0.2, 0) is 6.42 Å². The summed E-state index contributed by atoms with van der Waals surface area (Å²) in [4.78, 5) is 0. The first kappa shape index (κ1) is 14.5. The van der Waals surface area contributed by atoms with Gasteiger partial charge in [-0.05, 0) is 36.0 Å². The second kappa shape index (κ2) is 5.38. The topological polar surface area (TPSA) is 40.5 Å². The van der Waals surface area contributed by atoms with Gasteiger partial charge in [-0.3, -0.25) is 0 Å². The van der Waals surface area contributed by atoms with Crippen molar-refractivity contribution in [2.24, 2.45) is 5.41 Å². The minimum absolute atomic E-state index is 0.218. The maximum atomic E-state index is 10.4. The Hall–Kier alpha value is -0.570. The third-order valence-corrected chi connectivity index (χ3v) is 3.65. The van der Waals surface area contributed by atoms with Gasteiger partial charge in [-0.1, -0.05) is 44.5 Å². The Morgan fingerprint density at radius 3 is 2.06 bits per heavy atom. The lowest BCUT2D eigenvalue weighted by molar-refractivity contribution is -0.0997. The van der Waals surface area contributed by atoms with Crippen LogP contribution in [0.5, 0.6) is 0 Å². The largest absolute Gasteiger partial charge is 0.393 e. The van der Waals surface area contributed by atoms with Gasteiger partial charge in [-0.2, -0.15) is 0 Å². The maximum Gasteiger partial charge on any atom is 0.0928 e. The molecule has 1 rings (SSSR count). The molecule has 0 spiro atoms. The number of hydrogen-bond acceptors (Lipinski definition) is 2. The normalized spacial score (nSPS) is 15.6. The van der Waals surface area contributed by atoms with Crippen molar-refractivity contribution in [3.63, 3.8) is 0 Å². The molecule has 0 bridgehead atoms. The van der Waals surface area contributed by atoms with Crippen molar-refractivity contribution < 1.29 is 10.2 Å². The molecule has 17 heavy (non-hydrogen) atoms. The fourth-order valence-corrected chi connectivity index (χ4v) is 1.82. The minimum atomic E-state index is -1.05. The predicted octanol–water partition coefficient (Wildman–Crippen LogP) is 3.04. The van der Waals surface area contributed by atoms with E-state index in [1.807, 2.05) is 45.0 Å². The van der Waals surface area contributed by atoms with Crippen molar-refractivity contribution >= 4 is 11.6 Å². The molecule has 1 atom stereocenters. The van der Waals surface area contributed by atoms with Crippen LogP contribution in [0.3, 0.4) is 0 Å². The molecule has 2 N–H and O–H groups in total. The quantitative estimate of drug-likeness (QED) is 0.869. The Kier molecular flexibility index (Phi) is 4.59. The average Bonchev–Trinajstić information content (AvgIpc) is 2.26. The van der Waals surface area contributed by atoms with E-state index in [9.17, 15) is 10.2 Å². The summed E-state index contributed by atoms with van der Waals surface area (Å²) >= 11 is 5.81. The van der Waals surface area contributed by atoms with Gasteiger partial charge in [0.25, 0.3) is 0 Å². The van der Waals surface area contributed by atoms with E-state index in [4.69, 9.17) is 11.6 Å². The zero-order chi connectivity index (χ0) is 13.1. The van der Waals surface area contributed by atoms with Gasteiger partial charge >= 0.3 is 0 Å². The Balaban J connectivity index is 2.68. The number of aryl methyl sites for hydroxylation is 1. The summed E-state index contributed by atoms with van der Waals surface area (Å²) in [5.74, 6) is 0. The van der Waals surface area contributed by atoms with Gasteiger partial charge in [-0.25, -0.2) is 0 Å². The number of rotatable bonds is 4. The SMILES string of the molecule is CC(C)(C)[C@](O)(CO)CCc1ccc(Cl)cc1. The van der Waals surface area contributed by atoms with Gasteiger partial charge in [0.05, 0.1) is 12.2 Å². The van der Waals surface area contributed by atoms with Gasteiger partial charge in [-0.15, -0.1) is 0 Å². The van der Waals surface area contributed by atoms with Crippen LogP contribution in [0, 0.1) is 5.41 Å². The van der Waals surface area contributed by atoms with Crippen LogP contribution in [0.1, 0.15) is 32.8 Å². The summed E-state index contributed by atoms with van der Waals surface area (Å²) in [6, 6.07) is 7.57. The van der Waals surface area contributed by atoms with Crippen molar-refractivity contribution in [3.8, 4) is 0 Å². The Bertz CT molecular complexity index is 353. The number of aliphatic hydroxyl groups excluding tert-OH is 1. The van der Waals surface area contributed by atoms with Crippen LogP contribution in [0.4, 0.5) is 0 Å². The average molecular weight is 257 g/mol. The van der Waals surface area contributed by atoms with Gasteiger partial charge < -0.3 is 10.2 Å². The van der Waals surface area contributed by atoms with Gasteiger partial charge in [0.15, 0.2) is 0 Å². The Labute approximate surface area is 108 Å². The predicted molar refractivity (Wildman–Crippen MR) is 71.3 cm³/mol. The molecule has 0 aromatic heterocycles. The highest BCUT2D eigenvalue weighted by atomic mass is 35.5. The minimum Gasteiger partial charge on any atom is -0.393 e. The van der Waals surface area contributed by atoms with E-state index < -0.39 is 5.60 Å². The van der Waals surface area contributed by atoms with Crippen LogP contribution in [0.15, 0.2) is 24.3 Å². The first-order valence-corrected chi connectivity index (χ1v) is 6.24. The molecule has 0 heterocycles. The van der Waals surface area contributed by atoms with Crippen molar-refractivity contribution in [2.45, 2.75) is 39.2 Å². The van der Waals surface area contributed by atoms with Crippen LogP contribution in [-0.4, -0.2) is 22.4 Å². The van der Waals surface area contributed by atoms with Gasteiger partial charge in [0.1, 0.15) is 0 Å². The molecule has 3 heteroatoms. The van der Waals surface area contributed by atoms with E-state index in [1.54, 1.807) is 0 Å². The van der Waals surface area contributed by atoms with E-state index in [-0.39, 0.29) is 12.0 Å². The number of halogens is 1. The van der Waals surface area contributed by atoms with E-state index in [2.05, 4.69) is 0 Å². The van der Waals surface area contributed by atoms with Crippen molar-refractivity contribution in [2.75, 3.05) is 6.61 Å². The van der Waals surface area contributed by atoms with E-state index in [0.717, 1.165) is 12.0 Å². The van der Waals surface area contributed by atoms with Gasteiger partial charge in [0.2, 0.25) is 0 Å². The summed E-state index contributed by atoms with van der Waals surface area (Å²) in [7, 11) is 0. The number of hydrogen-bond donors (Lipinski definition) is 2. The molecule has 96 valence electrons. The molecule has 0 amide bonds. The number of aliphatic hydroxyl groups is 2. The second-order valence-corrected chi connectivity index (χ2v) is 6.00. The molecule has 0 aliphatic carbocycles. The molecule has 1 aromatic carbocycles. The monoisotopic (exact) mass is 256 g/mol. The van der Waals surface area contributed by atoms with Crippen molar-refractivity contribution in [3.05, 3.63) is 34.9 Å². The van der Waals surface area contributed by atoms with Crippen LogP contribution in [0.25, 0.3) is 0 Å². The first-order chi connectivity index (χ1) is 7.78. The zero-order valence-electron chi connectivity index (χ0n) is 10.7. The molecule has 0 aliphatic rings. The highest BCUT2D eigenvalue weighted by molar-refractivity contribution is 6.30. The van der Waals surface area contributed by atoms with Crippen molar-refractivity contribution in [1.82, 2.24) is 0 Å². The lowest BCUT2D eigenvalue weighted by atomic mass is 9.74. The molecule has 0 saturated carbocycles. The summed E-state index contributed by atoms with van der Waals surface area (Å²) in [6.07, 6.45) is 1.26. The standard InChI is InChI=1S/C14H21ClO2/c1-13(2,3)14(17,10-16)9-8-11-4-6-12(15)7-5-11/h4-7,16-17H,8-10H2,1-3H3/t14-/m1/s1. The first-order valence-electron chi connectivity index (χ1n) is 5.86. The Morgan fingerprint density at radius 1 is 1.12 bits per heavy atom. The second-order valence-electron chi connectivity index (χ2n) is 5.57. The molecule has 0 saturated heterocycles. The molecule has 0 aliphatic heterocycles.